The third-order valence-electron chi connectivity index (χ3n) is 2.87. The van der Waals surface area contributed by atoms with Crippen LogP contribution in [0.15, 0.2) is 24.3 Å². The number of rotatable bonds is 4. The molecule has 3 heteroatoms. The summed E-state index contributed by atoms with van der Waals surface area (Å²) in [5.74, 6) is 0.355. The van der Waals surface area contributed by atoms with E-state index in [2.05, 4.69) is 0 Å². The summed E-state index contributed by atoms with van der Waals surface area (Å²) in [5.41, 5.74) is 1.16. The molecular weight excluding hydrogens is 192 g/mol. The smallest absolute Gasteiger partial charge is 0.306 e. The van der Waals surface area contributed by atoms with Crippen LogP contribution in [0.2, 0.25) is 0 Å². The first-order valence-electron chi connectivity index (χ1n) is 5.06. The molecule has 0 bridgehead atoms. The summed E-state index contributed by atoms with van der Waals surface area (Å²) in [6.07, 6.45) is 1.65. The highest BCUT2D eigenvalue weighted by Crippen LogP contribution is 2.41. The Morgan fingerprint density at radius 3 is 3.00 bits per heavy atom. The van der Waals surface area contributed by atoms with Crippen molar-refractivity contribution < 1.29 is 14.6 Å². The first-order chi connectivity index (χ1) is 7.20. The van der Waals surface area contributed by atoms with Crippen molar-refractivity contribution in [1.82, 2.24) is 0 Å². The van der Waals surface area contributed by atoms with E-state index in [1.807, 2.05) is 24.3 Å². The molecule has 80 valence electrons. The van der Waals surface area contributed by atoms with Gasteiger partial charge in [-0.3, -0.25) is 4.79 Å². The van der Waals surface area contributed by atoms with Crippen LogP contribution in [-0.4, -0.2) is 18.2 Å². The molecule has 0 aromatic heterocycles. The second-order valence-electron chi connectivity index (χ2n) is 4.00. The molecule has 3 nitrogen and oxygen atoms in total. The molecule has 1 unspecified atom stereocenters. The number of aliphatic carboxylic acids is 1. The molecule has 15 heavy (non-hydrogen) atoms. The summed E-state index contributed by atoms with van der Waals surface area (Å²) in [7, 11) is 1.64. The fourth-order valence-corrected chi connectivity index (χ4v) is 1.88. The van der Waals surface area contributed by atoms with Gasteiger partial charge >= 0.3 is 5.97 Å². The first kappa shape index (κ1) is 10.0. The number of hydrogen-bond acceptors (Lipinski definition) is 2. The third kappa shape index (κ3) is 2.29. The summed E-state index contributed by atoms with van der Waals surface area (Å²) in [4.78, 5) is 10.7. The molecule has 1 aromatic rings. The summed E-state index contributed by atoms with van der Waals surface area (Å²) >= 11 is 0. The van der Waals surface area contributed by atoms with E-state index in [0.717, 1.165) is 24.2 Å². The van der Waals surface area contributed by atoms with Crippen molar-refractivity contribution in [3.63, 3.8) is 0 Å². The van der Waals surface area contributed by atoms with Crippen LogP contribution < -0.4 is 4.74 Å². The number of benzene rings is 1. The molecule has 0 heterocycles. The van der Waals surface area contributed by atoms with Crippen molar-refractivity contribution in [1.29, 1.82) is 0 Å². The van der Waals surface area contributed by atoms with Gasteiger partial charge in [0.25, 0.3) is 0 Å². The zero-order chi connectivity index (χ0) is 10.8. The van der Waals surface area contributed by atoms with Gasteiger partial charge in [-0.2, -0.15) is 0 Å². The summed E-state index contributed by atoms with van der Waals surface area (Å²) in [6.45, 7) is 0. The lowest BCUT2D eigenvalue weighted by Gasteiger charge is -2.03. The summed E-state index contributed by atoms with van der Waals surface area (Å²) in [5, 5.41) is 8.78. The van der Waals surface area contributed by atoms with E-state index in [9.17, 15) is 4.79 Å². The Morgan fingerprint density at radius 2 is 2.40 bits per heavy atom. The largest absolute Gasteiger partial charge is 0.497 e. The van der Waals surface area contributed by atoms with Gasteiger partial charge in [-0.25, -0.2) is 0 Å². The second kappa shape index (κ2) is 3.93. The molecule has 1 N–H and O–H groups in total. The predicted molar refractivity (Wildman–Crippen MR) is 55.9 cm³/mol. The quantitative estimate of drug-likeness (QED) is 0.819. The number of carbonyl (C=O) groups is 1. The number of ether oxygens (including phenoxy) is 1. The van der Waals surface area contributed by atoms with E-state index in [1.54, 1.807) is 7.11 Å². The minimum Gasteiger partial charge on any atom is -0.497 e. The van der Waals surface area contributed by atoms with Gasteiger partial charge < -0.3 is 9.84 Å². The molecule has 1 aromatic carbocycles. The van der Waals surface area contributed by atoms with Crippen molar-refractivity contribution in [3.05, 3.63) is 29.8 Å². The molecule has 0 spiro atoms. The van der Waals surface area contributed by atoms with Crippen molar-refractivity contribution in [2.75, 3.05) is 7.11 Å². The number of carboxylic acids is 1. The molecular formula is C12H14O3. The maximum absolute atomic E-state index is 10.7. The van der Waals surface area contributed by atoms with Crippen LogP contribution in [0.3, 0.4) is 0 Å². The van der Waals surface area contributed by atoms with E-state index in [4.69, 9.17) is 9.84 Å². The maximum atomic E-state index is 10.7. The zero-order valence-electron chi connectivity index (χ0n) is 8.64. The maximum Gasteiger partial charge on any atom is 0.306 e. The van der Waals surface area contributed by atoms with Crippen molar-refractivity contribution in [2.24, 2.45) is 11.8 Å². The molecule has 2 rings (SSSR count). The van der Waals surface area contributed by atoms with Crippen LogP contribution in [-0.2, 0) is 11.2 Å². The lowest BCUT2D eigenvalue weighted by molar-refractivity contribution is -0.138. The van der Waals surface area contributed by atoms with E-state index >= 15 is 0 Å². The fourth-order valence-electron chi connectivity index (χ4n) is 1.88. The zero-order valence-corrected chi connectivity index (χ0v) is 8.64. The topological polar surface area (TPSA) is 46.5 Å². The van der Waals surface area contributed by atoms with E-state index in [-0.39, 0.29) is 5.92 Å². The van der Waals surface area contributed by atoms with Crippen molar-refractivity contribution in [3.8, 4) is 5.75 Å². The predicted octanol–water partition coefficient (Wildman–Crippen LogP) is 1.96. The standard InChI is InChI=1S/C12H14O3/c1-15-10-4-2-3-8(6-10)5-9-7-11(9)12(13)14/h2-4,6,9,11H,5,7H2,1H3,(H,13,14)/t9?,11-/m1/s1. The molecule has 0 amide bonds. The molecule has 1 aliphatic carbocycles. The summed E-state index contributed by atoms with van der Waals surface area (Å²) < 4.78 is 5.11. The SMILES string of the molecule is COc1cccc(CC2C[C@H]2C(=O)O)c1. The lowest BCUT2D eigenvalue weighted by Crippen LogP contribution is -2.01. The minimum atomic E-state index is -0.664. The second-order valence-corrected chi connectivity index (χ2v) is 4.00. The highest BCUT2D eigenvalue weighted by molar-refractivity contribution is 5.73. The highest BCUT2D eigenvalue weighted by Gasteiger charge is 2.42. The van der Waals surface area contributed by atoms with Crippen LogP contribution in [0, 0.1) is 11.8 Å². The third-order valence-corrected chi connectivity index (χ3v) is 2.87. The molecule has 1 fully saturated rings. The summed E-state index contributed by atoms with van der Waals surface area (Å²) in [6, 6.07) is 7.81. The number of methoxy groups -OCH3 is 1. The van der Waals surface area contributed by atoms with Gasteiger partial charge in [0, 0.05) is 0 Å². The minimum absolute atomic E-state index is 0.129. The van der Waals surface area contributed by atoms with Gasteiger partial charge in [0.1, 0.15) is 5.75 Å². The normalized spacial score (nSPS) is 23.5. The number of carboxylic acid groups (broad SMARTS) is 1. The Labute approximate surface area is 88.7 Å². The van der Waals surface area contributed by atoms with Gasteiger partial charge in [-0.15, -0.1) is 0 Å². The van der Waals surface area contributed by atoms with Crippen LogP contribution in [0.25, 0.3) is 0 Å². The van der Waals surface area contributed by atoms with Gasteiger partial charge in [-0.1, -0.05) is 12.1 Å². The van der Waals surface area contributed by atoms with Crippen LogP contribution in [0.1, 0.15) is 12.0 Å². The Morgan fingerprint density at radius 1 is 1.60 bits per heavy atom. The molecule has 1 saturated carbocycles. The monoisotopic (exact) mass is 206 g/mol. The van der Waals surface area contributed by atoms with Gasteiger partial charge in [0.2, 0.25) is 0 Å². The lowest BCUT2D eigenvalue weighted by atomic mass is 10.1. The van der Waals surface area contributed by atoms with Crippen molar-refractivity contribution >= 4 is 5.97 Å². The molecule has 0 saturated heterocycles. The number of hydrogen-bond donors (Lipinski definition) is 1. The Kier molecular flexibility index (Phi) is 2.62. The van der Waals surface area contributed by atoms with E-state index in [1.165, 1.54) is 0 Å². The first-order valence-corrected chi connectivity index (χ1v) is 5.06. The van der Waals surface area contributed by atoms with Crippen LogP contribution >= 0.6 is 0 Å². The molecule has 0 radical (unpaired) electrons. The van der Waals surface area contributed by atoms with Gasteiger partial charge in [0.15, 0.2) is 0 Å². The van der Waals surface area contributed by atoms with Crippen LogP contribution in [0.4, 0.5) is 0 Å². The van der Waals surface area contributed by atoms with Gasteiger partial charge in [-0.05, 0) is 36.5 Å². The van der Waals surface area contributed by atoms with Crippen molar-refractivity contribution in [2.45, 2.75) is 12.8 Å². The average Bonchev–Trinajstić information content (AvgIpc) is 2.98. The van der Waals surface area contributed by atoms with Crippen LogP contribution in [0.5, 0.6) is 5.75 Å². The fraction of sp³-hybridized carbons (Fsp3) is 0.417. The highest BCUT2D eigenvalue weighted by atomic mass is 16.5. The van der Waals surface area contributed by atoms with E-state index < -0.39 is 5.97 Å². The molecule has 2 atom stereocenters. The Bertz CT molecular complexity index is 373. The van der Waals surface area contributed by atoms with Gasteiger partial charge in [0.05, 0.1) is 13.0 Å². The Hall–Kier alpha value is -1.51. The van der Waals surface area contributed by atoms with E-state index in [0.29, 0.717) is 5.92 Å². The molecule has 1 aliphatic rings. The Balaban J connectivity index is 1.97. The average molecular weight is 206 g/mol. The molecule has 0 aliphatic heterocycles.